The summed E-state index contributed by atoms with van der Waals surface area (Å²) in [7, 11) is 0. The summed E-state index contributed by atoms with van der Waals surface area (Å²) in [4.78, 5) is 11.4. The molecule has 4 aliphatic rings. The summed E-state index contributed by atoms with van der Waals surface area (Å²) < 4.78 is 0. The second kappa shape index (κ2) is 7.11. The Morgan fingerprint density at radius 2 is 1.78 bits per heavy atom. The van der Waals surface area contributed by atoms with E-state index in [2.05, 4.69) is 38.0 Å². The minimum atomic E-state index is -0.367. The maximum atomic E-state index is 11.4. The quantitative estimate of drug-likeness (QED) is 0.305. The molecule has 4 rings (SSSR count). The van der Waals surface area contributed by atoms with Gasteiger partial charge in [0.2, 0.25) is 0 Å². The zero-order chi connectivity index (χ0) is 19.2. The van der Waals surface area contributed by atoms with Gasteiger partial charge >= 0.3 is 5.91 Å². The van der Waals surface area contributed by atoms with Gasteiger partial charge < -0.3 is 0 Å². The zero-order valence-electron chi connectivity index (χ0n) is 17.5. The van der Waals surface area contributed by atoms with Crippen molar-refractivity contribution < 1.29 is 4.79 Å². The van der Waals surface area contributed by atoms with Gasteiger partial charge in [-0.2, -0.15) is 0 Å². The highest BCUT2D eigenvalue weighted by Gasteiger charge is 2.60. The molecule has 0 bridgehead atoms. The maximum absolute atomic E-state index is 11.4. The predicted molar refractivity (Wildman–Crippen MR) is 109 cm³/mol. The summed E-state index contributed by atoms with van der Waals surface area (Å²) in [6.45, 7) is 7.44. The van der Waals surface area contributed by atoms with E-state index in [0.717, 1.165) is 23.7 Å². The molecule has 0 aromatic heterocycles. The van der Waals surface area contributed by atoms with Crippen LogP contribution in [-0.4, -0.2) is 5.91 Å². The molecule has 0 aliphatic heterocycles. The van der Waals surface area contributed by atoms with Crippen molar-refractivity contribution in [1.29, 1.82) is 0 Å². The molecule has 1 unspecified atom stereocenters. The lowest BCUT2D eigenvalue weighted by molar-refractivity contribution is -0.115. The van der Waals surface area contributed by atoms with Crippen molar-refractivity contribution in [2.24, 2.45) is 52.2 Å². The summed E-state index contributed by atoms with van der Waals surface area (Å²) in [6.07, 6.45) is 14.3. The van der Waals surface area contributed by atoms with Gasteiger partial charge in [0, 0.05) is 5.92 Å². The second-order valence-electron chi connectivity index (χ2n) is 10.7. The van der Waals surface area contributed by atoms with E-state index < -0.39 is 0 Å². The third-order valence-corrected chi connectivity index (χ3v) is 9.80. The van der Waals surface area contributed by atoms with Crippen molar-refractivity contribution in [3.8, 4) is 11.8 Å². The molecule has 3 nitrogen and oxygen atoms in total. The molecule has 8 atom stereocenters. The van der Waals surface area contributed by atoms with Crippen LogP contribution in [0.15, 0.2) is 0 Å². The van der Waals surface area contributed by atoms with Gasteiger partial charge in [0.05, 0.1) is 0 Å². The van der Waals surface area contributed by atoms with Crippen LogP contribution in [0, 0.1) is 58.2 Å². The van der Waals surface area contributed by atoms with Crippen molar-refractivity contribution >= 4 is 5.91 Å². The van der Waals surface area contributed by atoms with Crippen LogP contribution in [0.3, 0.4) is 0 Å². The molecule has 0 spiro atoms. The van der Waals surface area contributed by atoms with Crippen molar-refractivity contribution in [2.75, 3.05) is 0 Å². The van der Waals surface area contributed by atoms with Gasteiger partial charge in [-0.3, -0.25) is 10.2 Å². The third kappa shape index (κ3) is 3.03. The van der Waals surface area contributed by atoms with Crippen molar-refractivity contribution in [1.82, 2.24) is 5.43 Å². The smallest absolute Gasteiger partial charge is 0.283 e. The van der Waals surface area contributed by atoms with Crippen molar-refractivity contribution in [2.45, 2.75) is 85.0 Å². The highest BCUT2D eigenvalue weighted by molar-refractivity contribution is 5.92. The Bertz CT molecular complexity index is 649. The van der Waals surface area contributed by atoms with Crippen LogP contribution in [0.5, 0.6) is 0 Å². The Kier molecular flexibility index (Phi) is 5.08. The van der Waals surface area contributed by atoms with E-state index in [1.165, 1.54) is 64.2 Å². The minimum absolute atomic E-state index is 0.274. The molecule has 4 aliphatic carbocycles. The monoisotopic (exact) mass is 370 g/mol. The largest absolute Gasteiger partial charge is 0.309 e. The van der Waals surface area contributed by atoms with E-state index in [0.29, 0.717) is 16.7 Å². The van der Waals surface area contributed by atoms with Crippen LogP contribution in [0.1, 0.15) is 85.0 Å². The minimum Gasteiger partial charge on any atom is -0.283 e. The Labute approximate surface area is 165 Å². The summed E-state index contributed by atoms with van der Waals surface area (Å²) in [5, 5.41) is 0. The summed E-state index contributed by atoms with van der Waals surface area (Å²) in [6, 6.07) is 0. The summed E-state index contributed by atoms with van der Waals surface area (Å²) in [5.74, 6) is 15.4. The van der Waals surface area contributed by atoms with Crippen LogP contribution in [0.2, 0.25) is 0 Å². The molecule has 0 aromatic rings. The SMILES string of the molecule is C[C@H](C#CC(=O)NN)[C@H]1CC[C@H]2[C@@H]3CCC4CCCC[C@]4(C)[C@H]3CC[C@]12C. The number of rotatable bonds is 1. The fraction of sp³-hybridized carbons (Fsp3) is 0.875. The molecule has 0 radical (unpaired) electrons. The lowest BCUT2D eigenvalue weighted by atomic mass is 9.44. The average molecular weight is 371 g/mol. The molecule has 150 valence electrons. The molecule has 27 heavy (non-hydrogen) atoms. The Balaban J connectivity index is 1.54. The first-order valence-corrected chi connectivity index (χ1v) is 11.4. The summed E-state index contributed by atoms with van der Waals surface area (Å²) in [5.41, 5.74) is 3.16. The molecular weight excluding hydrogens is 332 g/mol. The molecule has 1 amide bonds. The first kappa shape index (κ1) is 19.3. The molecule has 3 N–H and O–H groups in total. The van der Waals surface area contributed by atoms with Gasteiger partial charge in [-0.1, -0.05) is 39.5 Å². The molecule has 4 fully saturated rings. The number of fused-ring (bicyclic) bond motifs is 5. The van der Waals surface area contributed by atoms with Crippen LogP contribution in [0.25, 0.3) is 0 Å². The highest BCUT2D eigenvalue weighted by atomic mass is 16.2. The first-order chi connectivity index (χ1) is 12.9. The van der Waals surface area contributed by atoms with Crippen molar-refractivity contribution in [3.05, 3.63) is 0 Å². The number of hydrogen-bond donors (Lipinski definition) is 2. The number of nitrogens with two attached hydrogens (primary N) is 1. The molecule has 0 heterocycles. The highest BCUT2D eigenvalue weighted by Crippen LogP contribution is 2.68. The van der Waals surface area contributed by atoms with E-state index in [1.807, 2.05) is 0 Å². The standard InChI is InChI=1S/C24H38N2O/c1-16(7-12-22(27)26-25)19-10-11-20-18-9-8-17-6-4-5-14-23(17,2)21(18)13-15-24(19,20)3/h16-21H,4-6,8-11,13-15,25H2,1-3H3,(H,26,27)/t16-,17?,18+,19-,20+,21+,23+,24-/m1/s1. The molecule has 0 aromatic carbocycles. The zero-order valence-corrected chi connectivity index (χ0v) is 17.5. The maximum Gasteiger partial charge on any atom is 0.309 e. The van der Waals surface area contributed by atoms with Gasteiger partial charge in [0.15, 0.2) is 0 Å². The number of hydrazine groups is 1. The second-order valence-corrected chi connectivity index (χ2v) is 10.7. The topological polar surface area (TPSA) is 55.1 Å². The molecule has 0 saturated heterocycles. The average Bonchev–Trinajstić information content (AvgIpc) is 3.02. The van der Waals surface area contributed by atoms with Crippen LogP contribution in [0.4, 0.5) is 0 Å². The van der Waals surface area contributed by atoms with Gasteiger partial charge in [-0.15, -0.1) is 0 Å². The van der Waals surface area contributed by atoms with Crippen LogP contribution < -0.4 is 11.3 Å². The predicted octanol–water partition coefficient (Wildman–Crippen LogP) is 4.66. The first-order valence-electron chi connectivity index (χ1n) is 11.4. The Morgan fingerprint density at radius 1 is 1.00 bits per heavy atom. The van der Waals surface area contributed by atoms with Crippen LogP contribution in [-0.2, 0) is 4.79 Å². The van der Waals surface area contributed by atoms with E-state index in [9.17, 15) is 4.79 Å². The van der Waals surface area contributed by atoms with E-state index in [-0.39, 0.29) is 11.8 Å². The lowest BCUT2D eigenvalue weighted by Crippen LogP contribution is -2.53. The molecule has 3 heteroatoms. The number of hydrogen-bond acceptors (Lipinski definition) is 2. The van der Waals surface area contributed by atoms with Gasteiger partial charge in [0.1, 0.15) is 0 Å². The Morgan fingerprint density at radius 3 is 2.56 bits per heavy atom. The number of carbonyl (C=O) groups excluding carboxylic acids is 1. The van der Waals surface area contributed by atoms with Crippen LogP contribution >= 0.6 is 0 Å². The molecule has 4 saturated carbocycles. The van der Waals surface area contributed by atoms with Gasteiger partial charge in [-0.25, -0.2) is 5.84 Å². The fourth-order valence-electron chi connectivity index (χ4n) is 8.47. The molecular formula is C24H38N2O. The summed E-state index contributed by atoms with van der Waals surface area (Å²) >= 11 is 0. The van der Waals surface area contributed by atoms with Gasteiger partial charge in [-0.05, 0) is 97.7 Å². The fourth-order valence-corrected chi connectivity index (χ4v) is 8.47. The number of nitrogens with one attached hydrogen (secondary N) is 1. The third-order valence-electron chi connectivity index (χ3n) is 9.80. The Hall–Kier alpha value is -1.01. The van der Waals surface area contributed by atoms with E-state index >= 15 is 0 Å². The lowest BCUT2D eigenvalue weighted by Gasteiger charge is -2.60. The van der Waals surface area contributed by atoms with E-state index in [4.69, 9.17) is 5.84 Å². The normalized spacial score (nSPS) is 46.9. The number of carbonyl (C=O) groups is 1. The van der Waals surface area contributed by atoms with Gasteiger partial charge in [0.25, 0.3) is 0 Å². The number of amides is 1. The van der Waals surface area contributed by atoms with E-state index in [1.54, 1.807) is 0 Å². The van der Waals surface area contributed by atoms with Crippen molar-refractivity contribution in [3.63, 3.8) is 0 Å².